The molecule has 2 saturated heterocycles. The number of β-amino-alcohol motifs (C(OH)–C–C–N with tert-alkyl or cyclic N) is 1. The first-order valence-electron chi connectivity index (χ1n) is 8.75. The van der Waals surface area contributed by atoms with Gasteiger partial charge < -0.3 is 10.0 Å². The maximum absolute atomic E-state index is 12.6. The van der Waals surface area contributed by atoms with Crippen molar-refractivity contribution in [1.82, 2.24) is 9.80 Å². The zero-order valence-electron chi connectivity index (χ0n) is 13.6. The van der Waals surface area contributed by atoms with Crippen molar-refractivity contribution in [2.24, 2.45) is 11.3 Å². The fourth-order valence-electron chi connectivity index (χ4n) is 4.30. The SMILES string of the molecule is CC1CCN(CC(O)CN2C(=O)CC3(CCCC3)C2=O)CC1. The third-order valence-corrected chi connectivity index (χ3v) is 5.79. The Morgan fingerprint density at radius 2 is 1.82 bits per heavy atom. The first kappa shape index (κ1) is 15.9. The van der Waals surface area contributed by atoms with E-state index in [-0.39, 0.29) is 18.4 Å². The number of hydrogen-bond acceptors (Lipinski definition) is 4. The van der Waals surface area contributed by atoms with E-state index in [1.54, 1.807) is 0 Å². The summed E-state index contributed by atoms with van der Waals surface area (Å²) in [6.07, 6.45) is 5.83. The van der Waals surface area contributed by atoms with Crippen molar-refractivity contribution in [3.8, 4) is 0 Å². The molecule has 1 unspecified atom stereocenters. The van der Waals surface area contributed by atoms with Crippen molar-refractivity contribution < 1.29 is 14.7 Å². The Bertz CT molecular complexity index is 437. The Balaban J connectivity index is 1.54. The van der Waals surface area contributed by atoms with Crippen molar-refractivity contribution in [3.05, 3.63) is 0 Å². The molecular formula is C17H28N2O3. The number of rotatable bonds is 4. The van der Waals surface area contributed by atoms with E-state index in [9.17, 15) is 14.7 Å². The van der Waals surface area contributed by atoms with Crippen LogP contribution in [0.5, 0.6) is 0 Å². The molecule has 3 fully saturated rings. The minimum atomic E-state index is -0.627. The molecule has 2 heterocycles. The number of aliphatic hydroxyl groups excluding tert-OH is 1. The first-order chi connectivity index (χ1) is 10.5. The highest BCUT2D eigenvalue weighted by molar-refractivity contribution is 6.06. The Kier molecular flexibility index (Phi) is 4.55. The van der Waals surface area contributed by atoms with E-state index in [2.05, 4.69) is 11.8 Å². The van der Waals surface area contributed by atoms with Crippen molar-refractivity contribution in [3.63, 3.8) is 0 Å². The van der Waals surface area contributed by atoms with Gasteiger partial charge >= 0.3 is 0 Å². The van der Waals surface area contributed by atoms with Gasteiger partial charge in [-0.2, -0.15) is 0 Å². The smallest absolute Gasteiger partial charge is 0.235 e. The predicted octanol–water partition coefficient (Wildman–Crippen LogP) is 1.40. The highest BCUT2D eigenvalue weighted by Crippen LogP contribution is 2.46. The van der Waals surface area contributed by atoms with Crippen LogP contribution in [0, 0.1) is 11.3 Å². The summed E-state index contributed by atoms with van der Waals surface area (Å²) < 4.78 is 0. The van der Waals surface area contributed by atoms with Crippen LogP contribution in [0.1, 0.15) is 51.9 Å². The standard InChI is InChI=1S/C17H28N2O3/c1-13-4-8-18(9-5-13)11-14(20)12-19-15(21)10-17(16(19)22)6-2-3-7-17/h13-14,20H,2-12H2,1H3. The van der Waals surface area contributed by atoms with Gasteiger partial charge in [0.2, 0.25) is 11.8 Å². The van der Waals surface area contributed by atoms with Crippen LogP contribution >= 0.6 is 0 Å². The number of carbonyl (C=O) groups excluding carboxylic acids is 2. The van der Waals surface area contributed by atoms with Gasteiger partial charge in [-0.3, -0.25) is 14.5 Å². The van der Waals surface area contributed by atoms with Crippen LogP contribution < -0.4 is 0 Å². The van der Waals surface area contributed by atoms with Gasteiger partial charge in [0.25, 0.3) is 0 Å². The normalized spacial score (nSPS) is 28.0. The van der Waals surface area contributed by atoms with Crippen molar-refractivity contribution in [2.45, 2.75) is 58.0 Å². The number of piperidine rings is 1. The summed E-state index contributed by atoms with van der Waals surface area (Å²) in [5.74, 6) is 0.650. The predicted molar refractivity (Wildman–Crippen MR) is 83.1 cm³/mol. The van der Waals surface area contributed by atoms with Gasteiger partial charge in [-0.15, -0.1) is 0 Å². The van der Waals surface area contributed by atoms with E-state index < -0.39 is 11.5 Å². The molecule has 0 radical (unpaired) electrons. The molecule has 0 aromatic carbocycles. The molecule has 1 N–H and O–H groups in total. The highest BCUT2D eigenvalue weighted by Gasteiger charge is 2.52. The molecule has 1 aliphatic carbocycles. The lowest BCUT2D eigenvalue weighted by Crippen LogP contribution is -2.45. The second-order valence-electron chi connectivity index (χ2n) is 7.61. The minimum Gasteiger partial charge on any atom is -0.390 e. The number of aliphatic hydroxyl groups is 1. The Labute approximate surface area is 132 Å². The second kappa shape index (κ2) is 6.28. The lowest BCUT2D eigenvalue weighted by Gasteiger charge is -2.32. The van der Waals surface area contributed by atoms with Gasteiger partial charge in [-0.05, 0) is 44.7 Å². The number of imide groups is 1. The largest absolute Gasteiger partial charge is 0.390 e. The summed E-state index contributed by atoms with van der Waals surface area (Å²) in [4.78, 5) is 28.4. The minimum absolute atomic E-state index is 0.0266. The molecule has 1 atom stereocenters. The van der Waals surface area contributed by atoms with Gasteiger partial charge in [-0.25, -0.2) is 0 Å². The summed E-state index contributed by atoms with van der Waals surface area (Å²) in [5, 5.41) is 10.3. The van der Waals surface area contributed by atoms with Gasteiger partial charge in [0, 0.05) is 13.0 Å². The third kappa shape index (κ3) is 3.06. The van der Waals surface area contributed by atoms with E-state index in [4.69, 9.17) is 0 Å². The van der Waals surface area contributed by atoms with Crippen LogP contribution in [0.3, 0.4) is 0 Å². The third-order valence-electron chi connectivity index (χ3n) is 5.79. The molecule has 3 aliphatic rings. The molecule has 124 valence electrons. The van der Waals surface area contributed by atoms with E-state index in [1.807, 2.05) is 0 Å². The Morgan fingerprint density at radius 1 is 1.18 bits per heavy atom. The number of hydrogen-bond donors (Lipinski definition) is 1. The molecule has 2 amide bonds. The van der Waals surface area contributed by atoms with Crippen LogP contribution in [-0.2, 0) is 9.59 Å². The summed E-state index contributed by atoms with van der Waals surface area (Å²) in [6, 6.07) is 0. The molecule has 0 aromatic heterocycles. The van der Waals surface area contributed by atoms with Gasteiger partial charge in [0.15, 0.2) is 0 Å². The summed E-state index contributed by atoms with van der Waals surface area (Å²) in [6.45, 7) is 5.01. The topological polar surface area (TPSA) is 60.9 Å². The van der Waals surface area contributed by atoms with E-state index in [0.717, 1.165) is 57.5 Å². The molecule has 1 saturated carbocycles. The van der Waals surface area contributed by atoms with Crippen molar-refractivity contribution in [1.29, 1.82) is 0 Å². The fourth-order valence-corrected chi connectivity index (χ4v) is 4.30. The maximum atomic E-state index is 12.6. The van der Waals surface area contributed by atoms with Crippen molar-refractivity contribution in [2.75, 3.05) is 26.2 Å². The molecule has 0 aromatic rings. The van der Waals surface area contributed by atoms with E-state index in [0.29, 0.717) is 13.0 Å². The highest BCUT2D eigenvalue weighted by atomic mass is 16.3. The lowest BCUT2D eigenvalue weighted by atomic mass is 9.84. The zero-order chi connectivity index (χ0) is 15.7. The van der Waals surface area contributed by atoms with Crippen LogP contribution in [0.25, 0.3) is 0 Å². The van der Waals surface area contributed by atoms with E-state index >= 15 is 0 Å². The summed E-state index contributed by atoms with van der Waals surface area (Å²) in [7, 11) is 0. The van der Waals surface area contributed by atoms with Crippen LogP contribution in [0.4, 0.5) is 0 Å². The molecule has 0 bridgehead atoms. The molecule has 5 nitrogen and oxygen atoms in total. The fraction of sp³-hybridized carbons (Fsp3) is 0.882. The monoisotopic (exact) mass is 308 g/mol. The molecule has 1 spiro atoms. The molecule has 2 aliphatic heterocycles. The molecule has 22 heavy (non-hydrogen) atoms. The number of likely N-dealkylation sites (tertiary alicyclic amines) is 2. The van der Waals surface area contributed by atoms with Gasteiger partial charge in [0.1, 0.15) is 0 Å². The number of nitrogens with zero attached hydrogens (tertiary/aromatic N) is 2. The van der Waals surface area contributed by atoms with E-state index in [1.165, 1.54) is 4.90 Å². The molecule has 3 rings (SSSR count). The zero-order valence-corrected chi connectivity index (χ0v) is 13.6. The second-order valence-corrected chi connectivity index (χ2v) is 7.61. The average molecular weight is 308 g/mol. The van der Waals surface area contributed by atoms with Gasteiger partial charge in [-0.1, -0.05) is 19.8 Å². The summed E-state index contributed by atoms with van der Waals surface area (Å²) in [5.41, 5.74) is -0.419. The number of amides is 2. The quantitative estimate of drug-likeness (QED) is 0.798. The first-order valence-corrected chi connectivity index (χ1v) is 8.75. The maximum Gasteiger partial charge on any atom is 0.235 e. The van der Waals surface area contributed by atoms with Gasteiger partial charge in [0.05, 0.1) is 18.1 Å². The molecule has 5 heteroatoms. The van der Waals surface area contributed by atoms with Crippen LogP contribution in [0.2, 0.25) is 0 Å². The lowest BCUT2D eigenvalue weighted by molar-refractivity contribution is -0.143. The van der Waals surface area contributed by atoms with Crippen molar-refractivity contribution >= 4 is 11.8 Å². The Morgan fingerprint density at radius 3 is 2.45 bits per heavy atom. The van der Waals surface area contributed by atoms with Crippen LogP contribution in [0.15, 0.2) is 0 Å². The van der Waals surface area contributed by atoms with Crippen LogP contribution in [-0.4, -0.2) is 59.0 Å². The number of carbonyl (C=O) groups is 2. The molecular weight excluding hydrogens is 280 g/mol. The average Bonchev–Trinajstić information content (AvgIpc) is 3.03. The summed E-state index contributed by atoms with van der Waals surface area (Å²) >= 11 is 0. The Hall–Kier alpha value is -0.940.